The van der Waals surface area contributed by atoms with Crippen LogP contribution in [0.4, 0.5) is 17.3 Å². The van der Waals surface area contributed by atoms with Crippen LogP contribution in [0.3, 0.4) is 0 Å². The first-order valence-electron chi connectivity index (χ1n) is 12.2. The van der Waals surface area contributed by atoms with E-state index in [0.717, 1.165) is 5.56 Å². The highest BCUT2D eigenvalue weighted by Crippen LogP contribution is 2.41. The first-order valence-corrected chi connectivity index (χ1v) is 12.2. The van der Waals surface area contributed by atoms with E-state index in [0.29, 0.717) is 34.1 Å². The maximum Gasteiger partial charge on any atom is 0.251 e. The van der Waals surface area contributed by atoms with Crippen molar-refractivity contribution in [3.8, 4) is 11.5 Å². The largest absolute Gasteiger partial charge is 0.417 e. The van der Waals surface area contributed by atoms with Crippen LogP contribution in [0.15, 0.2) is 59.1 Å². The summed E-state index contributed by atoms with van der Waals surface area (Å²) in [5, 5.41) is 45.2. The summed E-state index contributed by atoms with van der Waals surface area (Å²) in [5.41, 5.74) is 1.16. The van der Waals surface area contributed by atoms with Gasteiger partial charge in [0.25, 0.3) is 5.89 Å². The van der Waals surface area contributed by atoms with E-state index in [2.05, 4.69) is 30.8 Å². The number of aliphatic hydroxyl groups excluding tert-OH is 2. The predicted octanol–water partition coefficient (Wildman–Crippen LogP) is 3.90. The van der Waals surface area contributed by atoms with Crippen LogP contribution in [0.2, 0.25) is 0 Å². The Kier molecular flexibility index (Phi) is 6.61. The van der Waals surface area contributed by atoms with Crippen LogP contribution in [0.5, 0.6) is 0 Å². The molecular formula is C27H30N6O5. The number of aromatic nitrogens is 4. The van der Waals surface area contributed by atoms with Crippen molar-refractivity contribution in [2.45, 2.75) is 51.2 Å². The molecular weight excluding hydrogens is 488 g/mol. The zero-order valence-electron chi connectivity index (χ0n) is 21.5. The predicted molar refractivity (Wildman–Crippen MR) is 139 cm³/mol. The van der Waals surface area contributed by atoms with E-state index in [1.165, 1.54) is 0 Å². The zero-order valence-corrected chi connectivity index (χ0v) is 21.5. The number of pyridine rings is 2. The van der Waals surface area contributed by atoms with E-state index in [1.54, 1.807) is 38.2 Å². The molecule has 1 aliphatic heterocycles. The summed E-state index contributed by atoms with van der Waals surface area (Å²) in [7, 11) is 0. The monoisotopic (exact) mass is 518 g/mol. The summed E-state index contributed by atoms with van der Waals surface area (Å²) in [6, 6.07) is 14.4. The Hall–Kier alpha value is -3.90. The molecule has 11 heteroatoms. The van der Waals surface area contributed by atoms with Crippen LogP contribution >= 0.6 is 0 Å². The standard InChI is InChI=1S/C27H30N6O5/c1-26(2,36)25-33-32-23(37-25)17-13-28-21(12-18(17)29-19(14-34)15-8-6-5-7-9-15)30-20-11-10-16-22(31-20)27(3,4)38-24(16)35/h5-13,19,24,34-36H,14H2,1-4H3,(H2,28,29,30,31)/t19-,24?/m1/s1. The fraction of sp³-hybridized carbons (Fsp3) is 0.333. The average molecular weight is 519 g/mol. The Balaban J connectivity index is 1.51. The van der Waals surface area contributed by atoms with Crippen molar-refractivity contribution in [3.05, 3.63) is 77.4 Å². The molecule has 0 saturated heterocycles. The number of rotatable bonds is 8. The number of ether oxygens (including phenoxy) is 1. The van der Waals surface area contributed by atoms with Crippen LogP contribution in [0.1, 0.15) is 62.7 Å². The second-order valence-corrected chi connectivity index (χ2v) is 10.1. The molecule has 11 nitrogen and oxygen atoms in total. The maximum absolute atomic E-state index is 10.3. The Bertz CT molecular complexity index is 1430. The molecule has 0 fully saturated rings. The van der Waals surface area contributed by atoms with Crippen molar-refractivity contribution >= 4 is 17.3 Å². The third-order valence-electron chi connectivity index (χ3n) is 6.22. The van der Waals surface area contributed by atoms with Crippen LogP contribution in [-0.2, 0) is 15.9 Å². The van der Waals surface area contributed by atoms with Crippen LogP contribution in [-0.4, -0.2) is 42.1 Å². The van der Waals surface area contributed by atoms with E-state index < -0.39 is 23.5 Å². The number of aliphatic hydroxyl groups is 3. The van der Waals surface area contributed by atoms with Crippen LogP contribution in [0.25, 0.3) is 11.5 Å². The van der Waals surface area contributed by atoms with Crippen LogP contribution < -0.4 is 10.6 Å². The SMILES string of the molecule is CC(C)(O)c1nnc(-c2cnc(Nc3ccc4c(n3)C(C)(C)OC4O)cc2N[C@H](CO)c2ccccc2)o1. The van der Waals surface area contributed by atoms with Gasteiger partial charge in [-0.15, -0.1) is 10.2 Å². The topological polar surface area (TPSA) is 159 Å². The van der Waals surface area contributed by atoms with Gasteiger partial charge < -0.3 is 35.1 Å². The Morgan fingerprint density at radius 2 is 1.84 bits per heavy atom. The Morgan fingerprint density at radius 1 is 1.08 bits per heavy atom. The number of nitrogens with zero attached hydrogens (tertiary/aromatic N) is 4. The highest BCUT2D eigenvalue weighted by atomic mass is 16.6. The molecule has 5 rings (SSSR count). The number of hydrogen-bond donors (Lipinski definition) is 5. The van der Waals surface area contributed by atoms with Crippen molar-refractivity contribution in [2.75, 3.05) is 17.2 Å². The molecule has 1 aromatic carbocycles. The van der Waals surface area contributed by atoms with Gasteiger partial charge in [0.05, 0.1) is 29.6 Å². The smallest absolute Gasteiger partial charge is 0.251 e. The zero-order chi connectivity index (χ0) is 27.1. The fourth-order valence-corrected chi connectivity index (χ4v) is 4.25. The van der Waals surface area contributed by atoms with Gasteiger partial charge >= 0.3 is 0 Å². The van der Waals surface area contributed by atoms with Gasteiger partial charge in [-0.2, -0.15) is 0 Å². The number of hydrogen-bond acceptors (Lipinski definition) is 11. The second-order valence-electron chi connectivity index (χ2n) is 10.1. The molecule has 0 amide bonds. The van der Waals surface area contributed by atoms with Gasteiger partial charge in [0, 0.05) is 17.8 Å². The second kappa shape index (κ2) is 9.76. The van der Waals surface area contributed by atoms with Gasteiger partial charge in [-0.05, 0) is 45.4 Å². The minimum atomic E-state index is -1.31. The molecule has 0 bridgehead atoms. The summed E-state index contributed by atoms with van der Waals surface area (Å²) in [4.78, 5) is 9.16. The normalized spacial score (nSPS) is 17.2. The maximum atomic E-state index is 10.3. The third kappa shape index (κ3) is 5.09. The van der Waals surface area contributed by atoms with E-state index in [1.807, 2.05) is 44.2 Å². The molecule has 1 aliphatic rings. The van der Waals surface area contributed by atoms with Gasteiger partial charge in [0.2, 0.25) is 5.89 Å². The molecule has 0 saturated carbocycles. The molecule has 3 aromatic heterocycles. The molecule has 4 aromatic rings. The van der Waals surface area contributed by atoms with Crippen molar-refractivity contribution in [1.82, 2.24) is 20.2 Å². The first kappa shape index (κ1) is 25.7. The van der Waals surface area contributed by atoms with Crippen molar-refractivity contribution in [1.29, 1.82) is 0 Å². The average Bonchev–Trinajstić information content (AvgIpc) is 3.46. The molecule has 4 heterocycles. The fourth-order valence-electron chi connectivity index (χ4n) is 4.25. The molecule has 0 aliphatic carbocycles. The van der Waals surface area contributed by atoms with Gasteiger partial charge in [-0.1, -0.05) is 30.3 Å². The minimum Gasteiger partial charge on any atom is -0.417 e. The summed E-state index contributed by atoms with van der Waals surface area (Å²) < 4.78 is 11.4. The molecule has 38 heavy (non-hydrogen) atoms. The highest BCUT2D eigenvalue weighted by Gasteiger charge is 2.38. The summed E-state index contributed by atoms with van der Waals surface area (Å²) in [6.45, 7) is 6.64. The van der Waals surface area contributed by atoms with E-state index in [4.69, 9.17) is 9.15 Å². The molecule has 2 atom stereocenters. The van der Waals surface area contributed by atoms with E-state index >= 15 is 0 Å². The van der Waals surface area contributed by atoms with Gasteiger partial charge in [0.15, 0.2) is 6.29 Å². The molecule has 0 radical (unpaired) electrons. The molecule has 1 unspecified atom stereocenters. The van der Waals surface area contributed by atoms with Gasteiger partial charge in [-0.3, -0.25) is 0 Å². The quantitative estimate of drug-likeness (QED) is 0.230. The summed E-state index contributed by atoms with van der Waals surface area (Å²) >= 11 is 0. The molecule has 198 valence electrons. The lowest BCUT2D eigenvalue weighted by atomic mass is 10.0. The minimum absolute atomic E-state index is 0.0665. The van der Waals surface area contributed by atoms with E-state index in [9.17, 15) is 15.3 Å². The van der Waals surface area contributed by atoms with Crippen molar-refractivity contribution < 1.29 is 24.5 Å². The number of nitrogens with one attached hydrogen (secondary N) is 2. The Morgan fingerprint density at radius 3 is 2.53 bits per heavy atom. The number of fused-ring (bicyclic) bond motifs is 1. The lowest BCUT2D eigenvalue weighted by Gasteiger charge is -2.20. The summed E-state index contributed by atoms with van der Waals surface area (Å²) in [6.07, 6.45) is 0.544. The Labute approximate surface area is 219 Å². The van der Waals surface area contributed by atoms with E-state index in [-0.39, 0.29) is 18.4 Å². The molecule has 0 spiro atoms. The first-order chi connectivity index (χ1) is 18.0. The van der Waals surface area contributed by atoms with Gasteiger partial charge in [-0.25, -0.2) is 9.97 Å². The highest BCUT2D eigenvalue weighted by molar-refractivity contribution is 5.75. The summed E-state index contributed by atoms with van der Waals surface area (Å²) in [5.74, 6) is 1.21. The van der Waals surface area contributed by atoms with Gasteiger partial charge in [0.1, 0.15) is 22.8 Å². The third-order valence-corrected chi connectivity index (χ3v) is 6.22. The molecule has 5 N–H and O–H groups in total. The lowest BCUT2D eigenvalue weighted by molar-refractivity contribution is -0.158. The number of anilines is 3. The van der Waals surface area contributed by atoms with Crippen molar-refractivity contribution in [2.24, 2.45) is 0 Å². The lowest BCUT2D eigenvalue weighted by Crippen LogP contribution is -2.17. The van der Waals surface area contributed by atoms with Crippen LogP contribution in [0, 0.1) is 0 Å². The van der Waals surface area contributed by atoms with Crippen molar-refractivity contribution in [3.63, 3.8) is 0 Å². The number of benzene rings is 1.